The molecule has 0 saturated heterocycles. The number of aromatic nitrogens is 4. The van der Waals surface area contributed by atoms with E-state index in [0.29, 0.717) is 0 Å². The summed E-state index contributed by atoms with van der Waals surface area (Å²) in [6.45, 7) is 0. The smallest absolute Gasteiger partial charge is 0.103 e. The molecule has 6 rings (SSSR count). The molecule has 4 nitrogen and oxygen atoms in total. The Morgan fingerprint density at radius 1 is 0.375 bits per heavy atom. The summed E-state index contributed by atoms with van der Waals surface area (Å²) in [7, 11) is 0. The Morgan fingerprint density at radius 2 is 0.750 bits per heavy atom. The Labute approximate surface area is 200 Å². The summed E-state index contributed by atoms with van der Waals surface area (Å²) in [4.78, 5) is 6.91. The van der Waals surface area contributed by atoms with E-state index < -0.39 is 0 Å². The molecule has 8 heteroatoms. The van der Waals surface area contributed by atoms with Gasteiger partial charge in [0.2, 0.25) is 0 Å². The van der Waals surface area contributed by atoms with Gasteiger partial charge >= 0.3 is 0 Å². The van der Waals surface area contributed by atoms with E-state index in [2.05, 4.69) is 67.6 Å². The molecule has 0 saturated carbocycles. The van der Waals surface area contributed by atoms with Crippen LogP contribution in [-0.2, 0) is 0 Å². The molecule has 0 aliphatic carbocycles. The second kappa shape index (κ2) is 8.48. The van der Waals surface area contributed by atoms with Crippen molar-refractivity contribution in [3.05, 3.63) is 83.6 Å². The van der Waals surface area contributed by atoms with Gasteiger partial charge in [0.1, 0.15) is 22.8 Å². The maximum atomic E-state index is 4.45. The van der Waals surface area contributed by atoms with E-state index in [0.717, 1.165) is 42.3 Å². The molecule has 0 fully saturated rings. The van der Waals surface area contributed by atoms with Gasteiger partial charge < -0.3 is 0 Å². The normalized spacial score (nSPS) is 11.1. The molecule has 0 atom stereocenters. The molecule has 0 unspecified atom stereocenters. The molecule has 6 aromatic heterocycles. The third-order valence-electron chi connectivity index (χ3n) is 4.84. The standard InChI is InChI=1S/C24H14N4S4/c1-3-19(29-13-1)15-5-7-17(27-25-15)21-9-11-23(31-21)24-12-10-22(32-24)18-8-6-16(26-28-18)20-4-2-14-30-20/h1-14H. The minimum Gasteiger partial charge on any atom is -0.149 e. The fourth-order valence-electron chi connectivity index (χ4n) is 3.25. The minimum atomic E-state index is 0.897. The molecule has 0 spiro atoms. The van der Waals surface area contributed by atoms with Crippen molar-refractivity contribution >= 4 is 45.3 Å². The van der Waals surface area contributed by atoms with Crippen LogP contribution in [0.1, 0.15) is 0 Å². The summed E-state index contributed by atoms with van der Waals surface area (Å²) in [5.74, 6) is 0. The summed E-state index contributed by atoms with van der Waals surface area (Å²) in [6.07, 6.45) is 0. The van der Waals surface area contributed by atoms with Crippen molar-refractivity contribution < 1.29 is 0 Å². The third-order valence-corrected chi connectivity index (χ3v) is 9.03. The van der Waals surface area contributed by atoms with E-state index in [4.69, 9.17) is 0 Å². The predicted octanol–water partition coefficient (Wildman–Crippen LogP) is 7.85. The molecule has 0 aliphatic rings. The number of nitrogens with zero attached hydrogens (tertiary/aromatic N) is 4. The van der Waals surface area contributed by atoms with Gasteiger partial charge in [-0.3, -0.25) is 0 Å². The monoisotopic (exact) mass is 486 g/mol. The lowest BCUT2D eigenvalue weighted by Gasteiger charge is -1.98. The van der Waals surface area contributed by atoms with Gasteiger partial charge in [-0.15, -0.1) is 65.7 Å². The first-order valence-electron chi connectivity index (χ1n) is 9.79. The lowest BCUT2D eigenvalue weighted by Crippen LogP contribution is -1.87. The maximum absolute atomic E-state index is 4.45. The zero-order valence-corrected chi connectivity index (χ0v) is 19.8. The van der Waals surface area contributed by atoms with Crippen LogP contribution in [0, 0.1) is 0 Å². The number of rotatable bonds is 5. The Bertz CT molecular complexity index is 1330. The molecule has 0 amide bonds. The van der Waals surface area contributed by atoms with Gasteiger partial charge in [-0.1, -0.05) is 12.1 Å². The van der Waals surface area contributed by atoms with Crippen LogP contribution >= 0.6 is 45.3 Å². The molecule has 6 heterocycles. The highest BCUT2D eigenvalue weighted by Gasteiger charge is 2.12. The Kier molecular flexibility index (Phi) is 5.20. The Balaban J connectivity index is 1.22. The Hall–Kier alpha value is -3.04. The molecular formula is C24H14N4S4. The largest absolute Gasteiger partial charge is 0.149 e. The van der Waals surface area contributed by atoms with E-state index in [-0.39, 0.29) is 0 Å². The SMILES string of the molecule is c1csc(-c2ccc(-c3ccc(-c4ccc(-c5ccc(-c6cccs6)nn5)s4)s3)nn2)c1. The average molecular weight is 487 g/mol. The molecule has 32 heavy (non-hydrogen) atoms. The summed E-state index contributed by atoms with van der Waals surface area (Å²) >= 11 is 6.80. The van der Waals surface area contributed by atoms with Crippen LogP contribution in [0.15, 0.2) is 83.6 Å². The predicted molar refractivity (Wildman–Crippen MR) is 136 cm³/mol. The number of hydrogen-bond acceptors (Lipinski definition) is 8. The topological polar surface area (TPSA) is 51.6 Å². The van der Waals surface area contributed by atoms with Crippen molar-refractivity contribution in [3.63, 3.8) is 0 Å². The van der Waals surface area contributed by atoms with Gasteiger partial charge in [0, 0.05) is 9.75 Å². The van der Waals surface area contributed by atoms with Crippen molar-refractivity contribution in [1.82, 2.24) is 20.4 Å². The van der Waals surface area contributed by atoms with Crippen LogP contribution in [0.25, 0.3) is 52.0 Å². The first-order valence-corrected chi connectivity index (χ1v) is 13.2. The van der Waals surface area contributed by atoms with Gasteiger partial charge in [-0.05, 0) is 71.4 Å². The van der Waals surface area contributed by atoms with Crippen LogP contribution in [0.4, 0.5) is 0 Å². The van der Waals surface area contributed by atoms with Gasteiger partial charge in [0.05, 0.1) is 19.5 Å². The van der Waals surface area contributed by atoms with E-state index in [1.165, 1.54) is 9.75 Å². The van der Waals surface area contributed by atoms with E-state index >= 15 is 0 Å². The molecule has 0 aromatic carbocycles. The maximum Gasteiger partial charge on any atom is 0.103 e. The summed E-state index contributed by atoms with van der Waals surface area (Å²) in [5.41, 5.74) is 3.62. The van der Waals surface area contributed by atoms with Gasteiger partial charge in [0.25, 0.3) is 0 Å². The van der Waals surface area contributed by atoms with Crippen molar-refractivity contribution in [2.75, 3.05) is 0 Å². The first-order chi connectivity index (χ1) is 15.8. The van der Waals surface area contributed by atoms with Crippen LogP contribution < -0.4 is 0 Å². The number of thiophene rings is 4. The van der Waals surface area contributed by atoms with Crippen molar-refractivity contribution in [3.8, 4) is 52.0 Å². The lowest BCUT2D eigenvalue weighted by molar-refractivity contribution is 1.05. The molecule has 0 N–H and O–H groups in total. The molecule has 154 valence electrons. The van der Waals surface area contributed by atoms with Crippen LogP contribution in [0.2, 0.25) is 0 Å². The second-order valence-electron chi connectivity index (χ2n) is 6.89. The fraction of sp³-hybridized carbons (Fsp3) is 0. The zero-order chi connectivity index (χ0) is 21.3. The van der Waals surface area contributed by atoms with Crippen molar-refractivity contribution in [2.24, 2.45) is 0 Å². The summed E-state index contributed by atoms with van der Waals surface area (Å²) in [5, 5.41) is 21.8. The van der Waals surface area contributed by atoms with Gasteiger partial charge in [-0.2, -0.15) is 0 Å². The Morgan fingerprint density at radius 3 is 1.09 bits per heavy atom. The quantitative estimate of drug-likeness (QED) is 0.249. The van der Waals surface area contributed by atoms with Crippen LogP contribution in [0.3, 0.4) is 0 Å². The third kappa shape index (κ3) is 3.82. The van der Waals surface area contributed by atoms with E-state index in [1.54, 1.807) is 45.3 Å². The molecule has 0 aliphatic heterocycles. The second-order valence-corrected chi connectivity index (χ2v) is 11.0. The summed E-state index contributed by atoms with van der Waals surface area (Å²) < 4.78 is 0. The van der Waals surface area contributed by atoms with E-state index in [9.17, 15) is 0 Å². The van der Waals surface area contributed by atoms with Crippen LogP contribution in [0.5, 0.6) is 0 Å². The molecule has 6 aromatic rings. The fourth-order valence-corrected chi connectivity index (χ4v) is 6.67. The molecule has 0 bridgehead atoms. The van der Waals surface area contributed by atoms with Crippen LogP contribution in [-0.4, -0.2) is 20.4 Å². The van der Waals surface area contributed by atoms with Crippen molar-refractivity contribution in [1.29, 1.82) is 0 Å². The van der Waals surface area contributed by atoms with Gasteiger partial charge in [-0.25, -0.2) is 0 Å². The first kappa shape index (κ1) is 19.6. The average Bonchev–Trinajstić information content (AvgIpc) is 3.66. The summed E-state index contributed by atoms with van der Waals surface area (Å²) in [6, 6.07) is 24.9. The molecule has 0 radical (unpaired) electrons. The minimum absolute atomic E-state index is 0.897. The van der Waals surface area contributed by atoms with Gasteiger partial charge in [0.15, 0.2) is 0 Å². The van der Waals surface area contributed by atoms with E-state index in [1.807, 2.05) is 36.4 Å². The zero-order valence-electron chi connectivity index (χ0n) is 16.5. The lowest BCUT2D eigenvalue weighted by atomic mass is 10.2. The highest BCUT2D eigenvalue weighted by Crippen LogP contribution is 2.39. The highest BCUT2D eigenvalue weighted by molar-refractivity contribution is 7.25. The number of hydrogen-bond donors (Lipinski definition) is 0. The van der Waals surface area contributed by atoms with Crippen molar-refractivity contribution in [2.45, 2.75) is 0 Å². The molecular weight excluding hydrogens is 473 g/mol. The highest BCUT2D eigenvalue weighted by atomic mass is 32.1.